The molecule has 7 aromatic carbocycles. The van der Waals surface area contributed by atoms with E-state index in [0.29, 0.717) is 0 Å². The van der Waals surface area contributed by atoms with Crippen molar-refractivity contribution in [2.45, 2.75) is 19.3 Å². The van der Waals surface area contributed by atoms with Crippen LogP contribution in [0.5, 0.6) is 0 Å². The third-order valence-corrected chi connectivity index (χ3v) is 10.9. The topological polar surface area (TPSA) is 12.0 Å². The predicted octanol–water partition coefficient (Wildman–Crippen LogP) is 12.6. The van der Waals surface area contributed by atoms with Crippen LogP contribution in [0.1, 0.15) is 25.0 Å². The Labute approximate surface area is 267 Å². The molecule has 214 valence electrons. The van der Waals surface area contributed by atoms with Gasteiger partial charge in [0.15, 0.2) is 0 Å². The van der Waals surface area contributed by atoms with Crippen LogP contribution in [-0.2, 0) is 5.41 Å². The average Bonchev–Trinajstić information content (AvgIpc) is 3.58. The molecular weight excluding hydrogens is 563 g/mol. The van der Waals surface area contributed by atoms with Gasteiger partial charge in [0.1, 0.15) is 0 Å². The van der Waals surface area contributed by atoms with Crippen molar-refractivity contribution in [1.29, 1.82) is 0 Å². The Morgan fingerprint density at radius 1 is 0.467 bits per heavy atom. The maximum Gasteiger partial charge on any atom is 0.0434 e. The summed E-state index contributed by atoms with van der Waals surface area (Å²) in [6.45, 7) is 4.68. The summed E-state index contributed by atoms with van der Waals surface area (Å²) in [6, 6.07) is 53.3. The van der Waals surface area contributed by atoms with E-state index in [1.807, 2.05) is 11.3 Å². The number of benzene rings is 7. The van der Waals surface area contributed by atoms with Crippen LogP contribution in [0.25, 0.3) is 64.3 Å². The Balaban J connectivity index is 1.05. The summed E-state index contributed by atoms with van der Waals surface area (Å²) < 4.78 is 2.71. The Hall–Kier alpha value is -5.18. The quantitative estimate of drug-likeness (QED) is 0.214. The van der Waals surface area contributed by atoms with E-state index in [1.165, 1.54) is 75.5 Å². The molecular formula is C43H31NS. The van der Waals surface area contributed by atoms with Crippen LogP contribution < -0.4 is 5.32 Å². The molecule has 0 amide bonds. The number of hydrogen-bond acceptors (Lipinski definition) is 2. The van der Waals surface area contributed by atoms with Gasteiger partial charge in [0.05, 0.1) is 0 Å². The Kier molecular flexibility index (Phi) is 5.78. The molecule has 0 atom stereocenters. The number of thiophene rings is 1. The number of rotatable bonds is 4. The highest BCUT2D eigenvalue weighted by Gasteiger charge is 2.36. The van der Waals surface area contributed by atoms with E-state index >= 15 is 0 Å². The second kappa shape index (κ2) is 9.92. The Morgan fingerprint density at radius 3 is 2.07 bits per heavy atom. The molecule has 1 nitrogen and oxygen atoms in total. The fraction of sp³-hybridized carbons (Fsp3) is 0.0698. The van der Waals surface area contributed by atoms with Crippen LogP contribution in [0, 0.1) is 0 Å². The van der Waals surface area contributed by atoms with E-state index in [9.17, 15) is 0 Å². The molecule has 1 heterocycles. The van der Waals surface area contributed by atoms with Gasteiger partial charge in [-0.1, -0.05) is 135 Å². The minimum absolute atomic E-state index is 0.00645. The molecule has 0 saturated heterocycles. The summed E-state index contributed by atoms with van der Waals surface area (Å²) >= 11 is 1.91. The lowest BCUT2D eigenvalue weighted by Crippen LogP contribution is -2.14. The second-order valence-corrected chi connectivity index (χ2v) is 13.7. The van der Waals surface area contributed by atoms with Crippen molar-refractivity contribution in [1.82, 2.24) is 0 Å². The third kappa shape index (κ3) is 4.06. The third-order valence-electron chi connectivity index (χ3n) is 9.65. The summed E-state index contributed by atoms with van der Waals surface area (Å²) in [5.41, 5.74) is 12.7. The van der Waals surface area contributed by atoms with Crippen molar-refractivity contribution in [3.05, 3.63) is 157 Å². The first-order valence-corrected chi connectivity index (χ1v) is 16.4. The van der Waals surface area contributed by atoms with E-state index in [-0.39, 0.29) is 5.41 Å². The van der Waals surface area contributed by atoms with E-state index in [1.54, 1.807) is 0 Å². The molecule has 0 radical (unpaired) electrons. The van der Waals surface area contributed by atoms with Crippen molar-refractivity contribution in [3.63, 3.8) is 0 Å². The maximum absolute atomic E-state index is 3.68. The molecule has 0 spiro atoms. The van der Waals surface area contributed by atoms with Crippen LogP contribution in [0.15, 0.2) is 146 Å². The Bertz CT molecular complexity index is 2430. The van der Waals surface area contributed by atoms with Gasteiger partial charge in [0, 0.05) is 37.0 Å². The zero-order chi connectivity index (χ0) is 30.1. The SMILES string of the molecule is CC1(C)c2ccccc2-c2c(-c3cccc(Nc4ccc(-c5cccc6c5sc5c7ccccc7ccc65)cc4)c3)cccc21. The molecule has 0 bridgehead atoms. The molecule has 0 saturated carbocycles. The molecule has 1 aliphatic carbocycles. The monoisotopic (exact) mass is 593 g/mol. The summed E-state index contributed by atoms with van der Waals surface area (Å²) in [4.78, 5) is 0. The van der Waals surface area contributed by atoms with Crippen molar-refractivity contribution in [2.24, 2.45) is 0 Å². The smallest absolute Gasteiger partial charge is 0.0434 e. The number of hydrogen-bond donors (Lipinski definition) is 1. The highest BCUT2D eigenvalue weighted by molar-refractivity contribution is 7.27. The van der Waals surface area contributed by atoms with Gasteiger partial charge in [-0.15, -0.1) is 11.3 Å². The second-order valence-electron chi connectivity index (χ2n) is 12.6. The van der Waals surface area contributed by atoms with Crippen LogP contribution >= 0.6 is 11.3 Å². The van der Waals surface area contributed by atoms with E-state index in [0.717, 1.165) is 11.4 Å². The fourth-order valence-corrected chi connectivity index (χ4v) is 8.78. The molecule has 9 rings (SSSR count). The highest BCUT2D eigenvalue weighted by Crippen LogP contribution is 2.52. The van der Waals surface area contributed by atoms with Crippen LogP contribution in [0.4, 0.5) is 11.4 Å². The first-order valence-electron chi connectivity index (χ1n) is 15.6. The van der Waals surface area contributed by atoms with Gasteiger partial charge in [0.25, 0.3) is 0 Å². The van der Waals surface area contributed by atoms with Gasteiger partial charge < -0.3 is 5.32 Å². The largest absolute Gasteiger partial charge is 0.356 e. The molecule has 1 aliphatic rings. The molecule has 0 fully saturated rings. The van der Waals surface area contributed by atoms with Crippen LogP contribution in [-0.4, -0.2) is 0 Å². The fourth-order valence-electron chi connectivity index (χ4n) is 7.41. The summed E-state index contributed by atoms with van der Waals surface area (Å²) in [7, 11) is 0. The maximum atomic E-state index is 3.68. The van der Waals surface area contributed by atoms with Crippen molar-refractivity contribution in [2.75, 3.05) is 5.32 Å². The highest BCUT2D eigenvalue weighted by atomic mass is 32.1. The number of nitrogens with one attached hydrogen (secondary N) is 1. The van der Waals surface area contributed by atoms with Crippen LogP contribution in [0.2, 0.25) is 0 Å². The summed E-state index contributed by atoms with van der Waals surface area (Å²) in [5, 5.41) is 8.97. The van der Waals surface area contributed by atoms with E-state index < -0.39 is 0 Å². The van der Waals surface area contributed by atoms with Gasteiger partial charge in [0.2, 0.25) is 0 Å². The minimum atomic E-state index is -0.00645. The van der Waals surface area contributed by atoms with E-state index in [4.69, 9.17) is 0 Å². The average molecular weight is 594 g/mol. The lowest BCUT2D eigenvalue weighted by Gasteiger charge is -2.21. The molecule has 45 heavy (non-hydrogen) atoms. The predicted molar refractivity (Wildman–Crippen MR) is 195 cm³/mol. The Morgan fingerprint density at radius 2 is 1.16 bits per heavy atom. The van der Waals surface area contributed by atoms with Crippen LogP contribution in [0.3, 0.4) is 0 Å². The zero-order valence-corrected chi connectivity index (χ0v) is 26.1. The molecule has 0 aliphatic heterocycles. The van der Waals surface area contributed by atoms with Crippen molar-refractivity contribution in [3.8, 4) is 33.4 Å². The minimum Gasteiger partial charge on any atom is -0.356 e. The van der Waals surface area contributed by atoms with Crippen molar-refractivity contribution < 1.29 is 0 Å². The van der Waals surface area contributed by atoms with Gasteiger partial charge >= 0.3 is 0 Å². The van der Waals surface area contributed by atoms with Gasteiger partial charge in [-0.2, -0.15) is 0 Å². The number of anilines is 2. The lowest BCUT2D eigenvalue weighted by molar-refractivity contribution is 0.660. The van der Waals surface area contributed by atoms with Gasteiger partial charge in [-0.3, -0.25) is 0 Å². The number of fused-ring (bicyclic) bond motifs is 8. The first kappa shape index (κ1) is 26.2. The zero-order valence-electron chi connectivity index (χ0n) is 25.3. The first-order chi connectivity index (χ1) is 22.1. The van der Waals surface area contributed by atoms with Gasteiger partial charge in [-0.25, -0.2) is 0 Å². The normalized spacial score (nSPS) is 13.3. The molecule has 2 heteroatoms. The van der Waals surface area contributed by atoms with Crippen molar-refractivity contribution >= 4 is 53.7 Å². The van der Waals surface area contributed by atoms with E-state index in [2.05, 4.69) is 165 Å². The molecule has 8 aromatic rings. The lowest BCUT2D eigenvalue weighted by atomic mass is 9.82. The summed E-state index contributed by atoms with van der Waals surface area (Å²) in [6.07, 6.45) is 0. The molecule has 1 N–H and O–H groups in total. The summed E-state index contributed by atoms with van der Waals surface area (Å²) in [5.74, 6) is 0. The standard InChI is InChI=1S/C43H31NS/c1-43(2)38-18-6-5-14-37(38)40-32(15-9-19-39(40)43)29-11-7-12-31(26-29)44-30-23-20-28(21-24-30)34-16-8-17-35-36-25-22-27-10-3-4-13-33(27)42(36)45-41(34)35/h3-26,44H,1-2H3. The van der Waals surface area contributed by atoms with Gasteiger partial charge in [-0.05, 0) is 79.5 Å². The molecule has 0 unspecified atom stereocenters. The molecule has 1 aromatic heterocycles.